The van der Waals surface area contributed by atoms with Gasteiger partial charge in [-0.2, -0.15) is 5.26 Å². The number of hydrogen-bond acceptors (Lipinski definition) is 4. The summed E-state index contributed by atoms with van der Waals surface area (Å²) in [4.78, 5) is 23.5. The van der Waals surface area contributed by atoms with Gasteiger partial charge in [0.2, 0.25) is 0 Å². The van der Waals surface area contributed by atoms with E-state index in [1.165, 1.54) is 6.08 Å². The van der Waals surface area contributed by atoms with Gasteiger partial charge < -0.3 is 4.74 Å². The number of ketones is 1. The minimum atomic E-state index is -0.409. The molecule has 1 saturated carbocycles. The number of nitrogens with zero attached hydrogens (tertiary/aromatic N) is 1. The maximum atomic E-state index is 12.2. The molecule has 0 aromatic rings. The quantitative estimate of drug-likeness (QED) is 0.585. The minimum absolute atomic E-state index is 0.00660. The maximum absolute atomic E-state index is 12.2. The third kappa shape index (κ3) is 2.53. The van der Waals surface area contributed by atoms with Crippen molar-refractivity contribution in [1.29, 1.82) is 5.26 Å². The van der Waals surface area contributed by atoms with Gasteiger partial charge in [0.1, 0.15) is 6.10 Å². The van der Waals surface area contributed by atoms with Crippen LogP contribution in [0.1, 0.15) is 34.1 Å². The Morgan fingerprint density at radius 3 is 2.70 bits per heavy atom. The number of hydrogen-bond donors (Lipinski definition) is 0. The summed E-state index contributed by atoms with van der Waals surface area (Å²) in [6.07, 6.45) is 3.22. The molecule has 0 aliphatic heterocycles. The van der Waals surface area contributed by atoms with Gasteiger partial charge in [0.05, 0.1) is 18.4 Å². The van der Waals surface area contributed by atoms with Crippen LogP contribution in [-0.4, -0.2) is 17.9 Å². The van der Waals surface area contributed by atoms with Crippen LogP contribution in [-0.2, 0) is 14.3 Å². The van der Waals surface area contributed by atoms with Crippen LogP contribution < -0.4 is 0 Å². The van der Waals surface area contributed by atoms with Gasteiger partial charge in [-0.3, -0.25) is 9.59 Å². The van der Waals surface area contributed by atoms with E-state index in [1.807, 2.05) is 19.9 Å². The van der Waals surface area contributed by atoms with Crippen molar-refractivity contribution in [3.8, 4) is 6.07 Å². The number of esters is 1. The van der Waals surface area contributed by atoms with Gasteiger partial charge in [0.15, 0.2) is 5.78 Å². The largest absolute Gasteiger partial charge is 0.457 e. The molecule has 0 radical (unpaired) electrons. The SMILES string of the molecule is CC1=CC(=O)CC1OC(=O)[C@@H]1[C@@H](/C=C(/C)C#N)C1(C)C. The minimum Gasteiger partial charge on any atom is -0.457 e. The molecule has 2 aliphatic carbocycles. The van der Waals surface area contributed by atoms with Crippen molar-refractivity contribution in [3.05, 3.63) is 23.3 Å². The Labute approximate surface area is 119 Å². The smallest absolute Gasteiger partial charge is 0.310 e. The van der Waals surface area contributed by atoms with Crippen LogP contribution in [0, 0.1) is 28.6 Å². The molecule has 0 heterocycles. The van der Waals surface area contributed by atoms with E-state index in [1.54, 1.807) is 13.8 Å². The van der Waals surface area contributed by atoms with Gasteiger partial charge in [-0.05, 0) is 36.8 Å². The van der Waals surface area contributed by atoms with E-state index in [9.17, 15) is 9.59 Å². The zero-order valence-corrected chi connectivity index (χ0v) is 12.3. The highest BCUT2D eigenvalue weighted by atomic mass is 16.5. The van der Waals surface area contributed by atoms with E-state index in [2.05, 4.69) is 6.07 Å². The Morgan fingerprint density at radius 1 is 1.55 bits per heavy atom. The number of carbonyl (C=O) groups excluding carboxylic acids is 2. The molecule has 20 heavy (non-hydrogen) atoms. The summed E-state index contributed by atoms with van der Waals surface area (Å²) in [5.41, 5.74) is 1.24. The van der Waals surface area contributed by atoms with Gasteiger partial charge in [-0.15, -0.1) is 0 Å². The second-order valence-electron chi connectivity index (χ2n) is 6.27. The third-order valence-electron chi connectivity index (χ3n) is 4.31. The summed E-state index contributed by atoms with van der Waals surface area (Å²) in [7, 11) is 0. The molecule has 0 aromatic carbocycles. The molecule has 1 fully saturated rings. The average molecular weight is 273 g/mol. The van der Waals surface area contributed by atoms with Crippen molar-refractivity contribution in [3.63, 3.8) is 0 Å². The van der Waals surface area contributed by atoms with Crippen LogP contribution in [0.3, 0.4) is 0 Å². The van der Waals surface area contributed by atoms with Crippen LogP contribution in [0.4, 0.5) is 0 Å². The zero-order chi connectivity index (χ0) is 15.1. The van der Waals surface area contributed by atoms with Crippen LogP contribution >= 0.6 is 0 Å². The number of ether oxygens (including phenoxy) is 1. The number of nitriles is 1. The van der Waals surface area contributed by atoms with E-state index < -0.39 is 6.10 Å². The molecule has 2 rings (SSSR count). The summed E-state index contributed by atoms with van der Waals surface area (Å²) < 4.78 is 5.46. The first-order valence-electron chi connectivity index (χ1n) is 6.77. The van der Waals surface area contributed by atoms with Crippen LogP contribution in [0.2, 0.25) is 0 Å². The Kier molecular flexibility index (Phi) is 3.56. The summed E-state index contributed by atoms with van der Waals surface area (Å²) in [6.45, 7) is 7.53. The Morgan fingerprint density at radius 2 is 2.20 bits per heavy atom. The first-order valence-corrected chi connectivity index (χ1v) is 6.77. The number of carbonyl (C=O) groups is 2. The standard InChI is InChI=1S/C16H19NO3/c1-9(8-17)5-12-14(16(12,3)4)15(19)20-13-7-11(18)6-10(13)2/h5-6,12-14H,7H2,1-4H3/b9-5-/t12-,13?,14+/m1/s1. The van der Waals surface area contributed by atoms with E-state index >= 15 is 0 Å². The summed E-state index contributed by atoms with van der Waals surface area (Å²) in [5.74, 6) is -0.452. The first kappa shape index (κ1) is 14.5. The highest BCUT2D eigenvalue weighted by Gasteiger charge is 2.61. The molecule has 106 valence electrons. The molecule has 0 spiro atoms. The molecular formula is C16H19NO3. The lowest BCUT2D eigenvalue weighted by Crippen LogP contribution is -2.20. The van der Waals surface area contributed by atoms with Crippen LogP contribution in [0.15, 0.2) is 23.3 Å². The molecular weight excluding hydrogens is 254 g/mol. The van der Waals surface area contributed by atoms with E-state index in [0.717, 1.165) is 5.57 Å². The fourth-order valence-corrected chi connectivity index (χ4v) is 2.84. The predicted molar refractivity (Wildman–Crippen MR) is 73.4 cm³/mol. The average Bonchev–Trinajstić information content (AvgIpc) is 2.72. The van der Waals surface area contributed by atoms with Crippen LogP contribution in [0.25, 0.3) is 0 Å². The van der Waals surface area contributed by atoms with Crippen molar-refractivity contribution in [2.45, 2.75) is 40.2 Å². The number of allylic oxidation sites excluding steroid dienone is 3. The van der Waals surface area contributed by atoms with Gasteiger partial charge in [-0.25, -0.2) is 0 Å². The lowest BCUT2D eigenvalue weighted by atomic mass is 10.1. The van der Waals surface area contributed by atoms with E-state index in [0.29, 0.717) is 5.57 Å². The first-order chi connectivity index (χ1) is 9.27. The molecule has 2 aliphatic rings. The topological polar surface area (TPSA) is 67.2 Å². The van der Waals surface area contributed by atoms with Crippen molar-refractivity contribution < 1.29 is 14.3 Å². The van der Waals surface area contributed by atoms with Crippen molar-refractivity contribution in [2.24, 2.45) is 17.3 Å². The lowest BCUT2D eigenvalue weighted by molar-refractivity contribution is -0.150. The third-order valence-corrected chi connectivity index (χ3v) is 4.31. The summed E-state index contributed by atoms with van der Waals surface area (Å²) in [6, 6.07) is 2.07. The molecule has 0 N–H and O–H groups in total. The fourth-order valence-electron chi connectivity index (χ4n) is 2.84. The fraction of sp³-hybridized carbons (Fsp3) is 0.562. The van der Waals surface area contributed by atoms with Gasteiger partial charge >= 0.3 is 5.97 Å². The molecule has 3 atom stereocenters. The van der Waals surface area contributed by atoms with Crippen molar-refractivity contribution in [2.75, 3.05) is 0 Å². The second-order valence-corrected chi connectivity index (χ2v) is 6.27. The van der Waals surface area contributed by atoms with Gasteiger partial charge in [0.25, 0.3) is 0 Å². The van der Waals surface area contributed by atoms with Crippen molar-refractivity contribution >= 4 is 11.8 Å². The zero-order valence-electron chi connectivity index (χ0n) is 12.3. The Balaban J connectivity index is 2.03. The van der Waals surface area contributed by atoms with E-state index in [-0.39, 0.29) is 35.4 Å². The molecule has 0 saturated heterocycles. The molecule has 4 nitrogen and oxygen atoms in total. The van der Waals surface area contributed by atoms with Crippen LogP contribution in [0.5, 0.6) is 0 Å². The normalized spacial score (nSPS) is 31.6. The summed E-state index contributed by atoms with van der Waals surface area (Å²) in [5, 5.41) is 8.82. The Bertz CT molecular complexity index is 563. The predicted octanol–water partition coefficient (Wildman–Crippen LogP) is 2.56. The van der Waals surface area contributed by atoms with E-state index in [4.69, 9.17) is 10.00 Å². The van der Waals surface area contributed by atoms with Gasteiger partial charge in [-0.1, -0.05) is 19.9 Å². The monoisotopic (exact) mass is 273 g/mol. The molecule has 4 heteroatoms. The maximum Gasteiger partial charge on any atom is 0.310 e. The highest BCUT2D eigenvalue weighted by Crippen LogP contribution is 2.60. The lowest BCUT2D eigenvalue weighted by Gasteiger charge is -2.13. The molecule has 0 bridgehead atoms. The molecule has 0 amide bonds. The van der Waals surface area contributed by atoms with Crippen molar-refractivity contribution in [1.82, 2.24) is 0 Å². The molecule has 1 unspecified atom stereocenters. The highest BCUT2D eigenvalue weighted by molar-refractivity contribution is 5.94. The second kappa shape index (κ2) is 4.90. The number of rotatable bonds is 3. The van der Waals surface area contributed by atoms with Gasteiger partial charge in [0, 0.05) is 5.57 Å². The molecule has 0 aromatic heterocycles. The Hall–Kier alpha value is -1.89. The summed E-state index contributed by atoms with van der Waals surface area (Å²) >= 11 is 0.